The number of rotatable bonds is 2. The van der Waals surface area contributed by atoms with Crippen LogP contribution in [0.3, 0.4) is 0 Å². The van der Waals surface area contributed by atoms with Crippen molar-refractivity contribution in [3.05, 3.63) is 29.1 Å². The normalized spacial score (nSPS) is 11.0. The van der Waals surface area contributed by atoms with E-state index in [4.69, 9.17) is 17.0 Å². The molecule has 0 bridgehead atoms. The average molecular weight is 191 g/mol. The number of nitrogens with zero attached hydrogens (tertiary/aromatic N) is 2. The van der Waals surface area contributed by atoms with Crippen molar-refractivity contribution in [2.75, 3.05) is 12.8 Å². The van der Waals surface area contributed by atoms with Gasteiger partial charge in [-0.15, -0.1) is 4.98 Å². The lowest BCUT2D eigenvalue weighted by Gasteiger charge is -2.24. The van der Waals surface area contributed by atoms with Crippen molar-refractivity contribution in [3.63, 3.8) is 0 Å². The quantitative estimate of drug-likeness (QED) is 0.728. The van der Waals surface area contributed by atoms with E-state index in [1.165, 1.54) is 0 Å². The number of methoxy groups -OCH3 is 1. The van der Waals surface area contributed by atoms with Crippen molar-refractivity contribution in [2.45, 2.75) is 19.4 Å². The molecule has 1 rings (SSSR count). The number of hydrogen-bond acceptors (Lipinski definition) is 3. The van der Waals surface area contributed by atoms with E-state index in [-0.39, 0.29) is 0 Å². The summed E-state index contributed by atoms with van der Waals surface area (Å²) < 4.78 is 5.28. The van der Waals surface area contributed by atoms with Gasteiger partial charge in [-0.2, -0.15) is 0 Å². The van der Waals surface area contributed by atoms with E-state index >= 15 is 0 Å². The third-order valence-corrected chi connectivity index (χ3v) is 2.16. The summed E-state index contributed by atoms with van der Waals surface area (Å²) in [6, 6.07) is 3.45. The van der Waals surface area contributed by atoms with Crippen molar-refractivity contribution in [2.24, 2.45) is 0 Å². The fourth-order valence-electron chi connectivity index (χ4n) is 1.13. The minimum absolute atomic E-state index is 0.303. The van der Waals surface area contributed by atoms with Gasteiger partial charge in [-0.25, -0.2) is 0 Å². The zero-order valence-electron chi connectivity index (χ0n) is 8.53. The number of ether oxygens (including phenoxy) is 1. The molecule has 0 aliphatic rings. The molecule has 1 heterocycles. The standard InChI is InChI=1S/C10H13N3O/c1-10(2,14-4)7-5-6-8(11)13-9(7)12-3/h5-6H,1-2,4H3,(H2,11,13). The molecule has 1 aromatic heterocycles. The summed E-state index contributed by atoms with van der Waals surface area (Å²) >= 11 is 0. The van der Waals surface area contributed by atoms with Crippen molar-refractivity contribution in [1.29, 1.82) is 0 Å². The van der Waals surface area contributed by atoms with Crippen molar-refractivity contribution in [3.8, 4) is 0 Å². The Bertz CT molecular complexity index is 379. The molecule has 0 radical (unpaired) electrons. The van der Waals surface area contributed by atoms with E-state index < -0.39 is 5.60 Å². The molecule has 0 aliphatic heterocycles. The van der Waals surface area contributed by atoms with Gasteiger partial charge in [0, 0.05) is 18.7 Å². The first-order chi connectivity index (χ1) is 6.51. The van der Waals surface area contributed by atoms with Crippen molar-refractivity contribution < 1.29 is 4.74 Å². The van der Waals surface area contributed by atoms with Crippen LogP contribution in [0.4, 0.5) is 11.6 Å². The Morgan fingerprint density at radius 1 is 1.50 bits per heavy atom. The third-order valence-electron chi connectivity index (χ3n) is 2.16. The summed E-state index contributed by atoms with van der Waals surface area (Å²) in [6.45, 7) is 10.8. The van der Waals surface area contributed by atoms with Crippen LogP contribution in [0.15, 0.2) is 12.1 Å². The maximum atomic E-state index is 6.99. The van der Waals surface area contributed by atoms with Crippen LogP contribution in [0.1, 0.15) is 19.4 Å². The molecule has 4 heteroatoms. The van der Waals surface area contributed by atoms with Crippen LogP contribution in [0.5, 0.6) is 0 Å². The van der Waals surface area contributed by atoms with Gasteiger partial charge >= 0.3 is 0 Å². The molecule has 1 aromatic rings. The number of aromatic nitrogens is 1. The molecule has 0 atom stereocenters. The molecule has 0 fully saturated rings. The van der Waals surface area contributed by atoms with Gasteiger partial charge in [-0.05, 0) is 13.8 Å². The lowest BCUT2D eigenvalue weighted by atomic mass is 9.99. The molecule has 2 N–H and O–H groups in total. The fraction of sp³-hybridized carbons (Fsp3) is 0.400. The zero-order valence-corrected chi connectivity index (χ0v) is 8.53. The van der Waals surface area contributed by atoms with Crippen LogP contribution in [0, 0.1) is 6.57 Å². The van der Waals surface area contributed by atoms with Crippen LogP contribution in [-0.4, -0.2) is 12.1 Å². The Morgan fingerprint density at radius 3 is 2.64 bits per heavy atom. The summed E-state index contributed by atoms with van der Waals surface area (Å²) in [6.07, 6.45) is 0. The number of hydrogen-bond donors (Lipinski definition) is 1. The molecular weight excluding hydrogens is 178 g/mol. The van der Waals surface area contributed by atoms with Gasteiger partial charge in [0.05, 0.1) is 5.60 Å². The van der Waals surface area contributed by atoms with E-state index in [0.29, 0.717) is 11.6 Å². The van der Waals surface area contributed by atoms with Crippen molar-refractivity contribution >= 4 is 11.6 Å². The molecule has 0 aliphatic carbocycles. The van der Waals surface area contributed by atoms with E-state index in [1.54, 1.807) is 19.2 Å². The second-order valence-corrected chi connectivity index (χ2v) is 3.43. The summed E-state index contributed by atoms with van der Waals surface area (Å²) in [5.41, 5.74) is 5.73. The van der Waals surface area contributed by atoms with Gasteiger partial charge in [-0.3, -0.25) is 0 Å². The molecule has 74 valence electrons. The van der Waals surface area contributed by atoms with Gasteiger partial charge in [0.25, 0.3) is 5.82 Å². The highest BCUT2D eigenvalue weighted by Crippen LogP contribution is 2.31. The fourth-order valence-corrected chi connectivity index (χ4v) is 1.13. The predicted molar refractivity (Wildman–Crippen MR) is 54.9 cm³/mol. The molecule has 0 spiro atoms. The number of nitrogens with two attached hydrogens (primary N) is 1. The molecule has 14 heavy (non-hydrogen) atoms. The molecule has 0 amide bonds. The van der Waals surface area contributed by atoms with Gasteiger partial charge in [0.15, 0.2) is 0 Å². The summed E-state index contributed by atoms with van der Waals surface area (Å²) in [7, 11) is 1.60. The Kier molecular flexibility index (Phi) is 2.73. The highest BCUT2D eigenvalue weighted by atomic mass is 16.5. The molecule has 4 nitrogen and oxygen atoms in total. The predicted octanol–water partition coefficient (Wildman–Crippen LogP) is 2.10. The lowest BCUT2D eigenvalue weighted by Crippen LogP contribution is -2.19. The van der Waals surface area contributed by atoms with Gasteiger partial charge < -0.3 is 15.3 Å². The van der Waals surface area contributed by atoms with Crippen LogP contribution in [-0.2, 0) is 10.3 Å². The van der Waals surface area contributed by atoms with Crippen LogP contribution in [0.25, 0.3) is 4.85 Å². The minimum Gasteiger partial charge on any atom is -0.375 e. The van der Waals surface area contributed by atoms with E-state index in [9.17, 15) is 0 Å². The molecule has 0 unspecified atom stereocenters. The first-order valence-electron chi connectivity index (χ1n) is 4.21. The minimum atomic E-state index is -0.513. The highest BCUT2D eigenvalue weighted by Gasteiger charge is 2.24. The Labute approximate surface area is 83.5 Å². The Morgan fingerprint density at radius 2 is 2.14 bits per heavy atom. The van der Waals surface area contributed by atoms with Crippen LogP contribution >= 0.6 is 0 Å². The Hall–Kier alpha value is -1.60. The van der Waals surface area contributed by atoms with Gasteiger partial charge in [0.1, 0.15) is 0 Å². The van der Waals surface area contributed by atoms with E-state index in [2.05, 4.69) is 9.83 Å². The maximum Gasteiger partial charge on any atom is 0.277 e. The topological polar surface area (TPSA) is 52.5 Å². The van der Waals surface area contributed by atoms with Crippen molar-refractivity contribution in [1.82, 2.24) is 4.98 Å². The van der Waals surface area contributed by atoms with E-state index in [1.807, 2.05) is 13.8 Å². The average Bonchev–Trinajstić information content (AvgIpc) is 2.17. The number of nitrogen functional groups attached to an aromatic ring is 1. The van der Waals surface area contributed by atoms with Crippen LogP contribution < -0.4 is 5.73 Å². The second-order valence-electron chi connectivity index (χ2n) is 3.43. The van der Waals surface area contributed by atoms with Crippen LogP contribution in [0.2, 0.25) is 0 Å². The summed E-state index contributed by atoms with van der Waals surface area (Å²) in [4.78, 5) is 7.27. The van der Waals surface area contributed by atoms with E-state index in [0.717, 1.165) is 5.56 Å². The monoisotopic (exact) mass is 191 g/mol. The largest absolute Gasteiger partial charge is 0.375 e. The first kappa shape index (κ1) is 10.5. The second kappa shape index (κ2) is 3.64. The summed E-state index contributed by atoms with van der Waals surface area (Å²) in [5.74, 6) is 0.656. The molecule has 0 saturated carbocycles. The van der Waals surface area contributed by atoms with Gasteiger partial charge in [0.2, 0.25) is 5.82 Å². The maximum absolute atomic E-state index is 6.99. The smallest absolute Gasteiger partial charge is 0.277 e. The molecule has 0 aromatic carbocycles. The molecular formula is C10H13N3O. The molecule has 0 saturated heterocycles. The summed E-state index contributed by atoms with van der Waals surface area (Å²) in [5, 5.41) is 0. The Balaban J connectivity index is 3.29. The zero-order chi connectivity index (χ0) is 10.8. The number of anilines is 1. The first-order valence-corrected chi connectivity index (χ1v) is 4.21. The SMILES string of the molecule is [C-]#[N+]c1nc(N)ccc1C(C)(C)OC. The third kappa shape index (κ3) is 1.83. The highest BCUT2D eigenvalue weighted by molar-refractivity contribution is 5.52. The lowest BCUT2D eigenvalue weighted by molar-refractivity contribution is 0.0197. The number of pyridine rings is 1. The van der Waals surface area contributed by atoms with Gasteiger partial charge in [-0.1, -0.05) is 12.6 Å².